The first-order chi connectivity index (χ1) is 6.31. The predicted molar refractivity (Wildman–Crippen MR) is 59.4 cm³/mol. The van der Waals surface area contributed by atoms with Crippen molar-refractivity contribution in [2.75, 3.05) is 13.2 Å². The first kappa shape index (κ1) is 13.1. The van der Waals surface area contributed by atoms with E-state index in [1.165, 1.54) is 25.7 Å². The second-order valence-electron chi connectivity index (χ2n) is 3.37. The molecule has 0 radical (unpaired) electrons. The van der Waals surface area contributed by atoms with E-state index in [0.29, 0.717) is 0 Å². The van der Waals surface area contributed by atoms with Crippen molar-refractivity contribution in [3.8, 4) is 0 Å². The van der Waals surface area contributed by atoms with E-state index >= 15 is 0 Å². The molecule has 0 aromatic heterocycles. The third kappa shape index (κ3) is 10.1. The highest BCUT2D eigenvalue weighted by Gasteiger charge is 2.03. The lowest BCUT2D eigenvalue weighted by Gasteiger charge is -2.11. The molecule has 0 saturated heterocycles. The highest BCUT2D eigenvalue weighted by molar-refractivity contribution is 6.42. The topological polar surface area (TPSA) is 18.5 Å². The summed E-state index contributed by atoms with van der Waals surface area (Å²) in [5.41, 5.74) is 0. The average Bonchev–Trinajstić information content (AvgIpc) is 2.14. The van der Waals surface area contributed by atoms with Crippen LogP contribution < -0.4 is 0 Å². The molecule has 13 heavy (non-hydrogen) atoms. The maximum atomic E-state index is 5.61. The summed E-state index contributed by atoms with van der Waals surface area (Å²) in [7, 11) is -1.27. The summed E-state index contributed by atoms with van der Waals surface area (Å²) in [5, 5.41) is 0. The van der Waals surface area contributed by atoms with E-state index in [1.54, 1.807) is 0 Å². The monoisotopic (exact) mass is 204 g/mol. The minimum absolute atomic E-state index is 0.863. The van der Waals surface area contributed by atoms with Crippen molar-refractivity contribution in [3.05, 3.63) is 0 Å². The number of hydrogen-bond acceptors (Lipinski definition) is 2. The Balaban J connectivity index is 3.03. The summed E-state index contributed by atoms with van der Waals surface area (Å²) in [6.45, 7) is 8.22. The van der Waals surface area contributed by atoms with Gasteiger partial charge in [-0.3, -0.25) is 0 Å². The third-order valence-electron chi connectivity index (χ3n) is 1.91. The first-order valence-electron chi connectivity index (χ1n) is 5.54. The summed E-state index contributed by atoms with van der Waals surface area (Å²) in [5.74, 6) is 0. The fourth-order valence-electron chi connectivity index (χ4n) is 1.11. The Bertz CT molecular complexity index is 98.9. The van der Waals surface area contributed by atoms with Crippen LogP contribution in [0.15, 0.2) is 0 Å². The van der Waals surface area contributed by atoms with Gasteiger partial charge in [0, 0.05) is 13.2 Å². The second-order valence-corrected chi connectivity index (χ2v) is 5.17. The van der Waals surface area contributed by atoms with E-state index < -0.39 is 9.28 Å². The number of hydrogen-bond donors (Lipinski definition) is 0. The zero-order valence-corrected chi connectivity index (χ0v) is 10.5. The quantitative estimate of drug-likeness (QED) is 0.425. The normalized spacial score (nSPS) is 13.2. The third-order valence-corrected chi connectivity index (χ3v) is 3.32. The van der Waals surface area contributed by atoms with Crippen LogP contribution in [0.3, 0.4) is 0 Å². The lowest BCUT2D eigenvalue weighted by molar-refractivity contribution is 0.198. The van der Waals surface area contributed by atoms with Gasteiger partial charge in [0.2, 0.25) is 0 Å². The minimum atomic E-state index is -1.27. The molecule has 80 valence electrons. The molecule has 1 unspecified atom stereocenters. The van der Waals surface area contributed by atoms with Crippen molar-refractivity contribution >= 4 is 9.28 Å². The van der Waals surface area contributed by atoms with Gasteiger partial charge >= 0.3 is 9.28 Å². The molecule has 0 rings (SSSR count). The van der Waals surface area contributed by atoms with Crippen LogP contribution in [0.25, 0.3) is 0 Å². The molecule has 0 bridgehead atoms. The molecule has 0 aromatic carbocycles. The van der Waals surface area contributed by atoms with Gasteiger partial charge in [0.05, 0.1) is 0 Å². The average molecular weight is 204 g/mol. The Kier molecular flexibility index (Phi) is 10.3. The molecule has 0 N–H and O–H groups in total. The molecular formula is C10H24O2Si. The van der Waals surface area contributed by atoms with Gasteiger partial charge < -0.3 is 8.85 Å². The second kappa shape index (κ2) is 10.2. The minimum Gasteiger partial charge on any atom is -0.397 e. The van der Waals surface area contributed by atoms with Gasteiger partial charge in [0.25, 0.3) is 0 Å². The summed E-state index contributed by atoms with van der Waals surface area (Å²) in [6.07, 6.45) is 6.21. The van der Waals surface area contributed by atoms with Crippen LogP contribution in [-0.2, 0) is 8.85 Å². The van der Waals surface area contributed by atoms with Crippen molar-refractivity contribution < 1.29 is 8.85 Å². The van der Waals surface area contributed by atoms with Crippen LogP contribution in [0.1, 0.15) is 46.0 Å². The van der Waals surface area contributed by atoms with Crippen molar-refractivity contribution in [2.24, 2.45) is 0 Å². The molecule has 0 amide bonds. The van der Waals surface area contributed by atoms with Gasteiger partial charge in [-0.05, 0) is 19.4 Å². The molecular weight excluding hydrogens is 180 g/mol. The summed E-state index contributed by atoms with van der Waals surface area (Å²) in [4.78, 5) is 0. The van der Waals surface area contributed by atoms with Gasteiger partial charge in [-0.25, -0.2) is 0 Å². The van der Waals surface area contributed by atoms with Crippen LogP contribution in [0.5, 0.6) is 0 Å². The van der Waals surface area contributed by atoms with Crippen LogP contribution in [-0.4, -0.2) is 22.5 Å². The van der Waals surface area contributed by atoms with Crippen molar-refractivity contribution in [3.63, 3.8) is 0 Å². The van der Waals surface area contributed by atoms with Crippen molar-refractivity contribution in [2.45, 2.75) is 52.5 Å². The van der Waals surface area contributed by atoms with E-state index in [2.05, 4.69) is 20.4 Å². The predicted octanol–water partition coefficient (Wildman–Crippen LogP) is 2.86. The lowest BCUT2D eigenvalue weighted by atomic mass is 10.2. The zero-order chi connectivity index (χ0) is 9.94. The number of rotatable bonds is 9. The van der Waals surface area contributed by atoms with Crippen molar-refractivity contribution in [1.29, 1.82) is 0 Å². The molecule has 0 aliphatic rings. The van der Waals surface area contributed by atoms with Gasteiger partial charge in [0.15, 0.2) is 0 Å². The first-order valence-corrected chi connectivity index (χ1v) is 7.64. The van der Waals surface area contributed by atoms with E-state index in [0.717, 1.165) is 19.6 Å². The van der Waals surface area contributed by atoms with Crippen LogP contribution in [0.4, 0.5) is 0 Å². The molecule has 0 heterocycles. The Morgan fingerprint density at radius 2 is 1.54 bits per heavy atom. The Labute approximate surface area is 84.5 Å². The molecule has 0 aromatic rings. The fraction of sp³-hybridized carbons (Fsp3) is 1.00. The summed E-state index contributed by atoms with van der Waals surface area (Å²) >= 11 is 0. The van der Waals surface area contributed by atoms with E-state index in [4.69, 9.17) is 8.85 Å². The van der Waals surface area contributed by atoms with Crippen LogP contribution in [0, 0.1) is 0 Å². The van der Waals surface area contributed by atoms with Crippen molar-refractivity contribution in [1.82, 2.24) is 0 Å². The lowest BCUT2D eigenvalue weighted by Crippen LogP contribution is -2.19. The maximum absolute atomic E-state index is 5.61. The Morgan fingerprint density at radius 1 is 0.846 bits per heavy atom. The molecule has 0 saturated carbocycles. The zero-order valence-electron chi connectivity index (χ0n) is 9.34. The maximum Gasteiger partial charge on any atom is 0.318 e. The largest absolute Gasteiger partial charge is 0.397 e. The van der Waals surface area contributed by atoms with Crippen LogP contribution in [0.2, 0.25) is 6.55 Å². The molecule has 0 spiro atoms. The smallest absolute Gasteiger partial charge is 0.318 e. The van der Waals surface area contributed by atoms with Gasteiger partial charge in [0.1, 0.15) is 0 Å². The van der Waals surface area contributed by atoms with E-state index in [-0.39, 0.29) is 0 Å². The van der Waals surface area contributed by atoms with Crippen LogP contribution >= 0.6 is 0 Å². The Hall–Kier alpha value is 0.137. The van der Waals surface area contributed by atoms with Gasteiger partial charge in [-0.2, -0.15) is 0 Å². The SMILES string of the molecule is CCCCCCO[SiH](C)OCCC. The molecule has 1 atom stereocenters. The van der Waals surface area contributed by atoms with Gasteiger partial charge in [-0.1, -0.05) is 33.1 Å². The summed E-state index contributed by atoms with van der Waals surface area (Å²) < 4.78 is 11.1. The highest BCUT2D eigenvalue weighted by atomic mass is 28.3. The van der Waals surface area contributed by atoms with E-state index in [1.807, 2.05) is 0 Å². The molecule has 2 nitrogen and oxygen atoms in total. The molecule has 0 fully saturated rings. The van der Waals surface area contributed by atoms with E-state index in [9.17, 15) is 0 Å². The fourth-order valence-corrected chi connectivity index (χ4v) is 2.27. The highest BCUT2D eigenvalue weighted by Crippen LogP contribution is 2.00. The standard InChI is InChI=1S/C10H24O2Si/c1-4-6-7-8-10-12-13(3)11-9-5-2/h13H,4-10H2,1-3H3. The number of unbranched alkanes of at least 4 members (excludes halogenated alkanes) is 3. The van der Waals surface area contributed by atoms with Gasteiger partial charge in [-0.15, -0.1) is 0 Å². The molecule has 0 aliphatic heterocycles. The molecule has 3 heteroatoms. The molecule has 0 aliphatic carbocycles. The Morgan fingerprint density at radius 3 is 2.15 bits per heavy atom. The summed E-state index contributed by atoms with van der Waals surface area (Å²) in [6, 6.07) is 0.